The highest BCUT2D eigenvalue weighted by Crippen LogP contribution is 2.20. The van der Waals surface area contributed by atoms with Gasteiger partial charge in [-0.2, -0.15) is 0 Å². The van der Waals surface area contributed by atoms with Gasteiger partial charge in [-0.3, -0.25) is 0 Å². The van der Waals surface area contributed by atoms with Crippen LogP contribution in [0.2, 0.25) is 0 Å². The number of nitrogens with one attached hydrogen (secondary N) is 2. The van der Waals surface area contributed by atoms with Crippen LogP contribution in [0.3, 0.4) is 0 Å². The molecule has 1 aliphatic rings. The van der Waals surface area contributed by atoms with Crippen molar-refractivity contribution in [1.29, 1.82) is 0 Å². The van der Waals surface area contributed by atoms with Crippen LogP contribution in [-0.4, -0.2) is 39.0 Å². The normalized spacial score (nSPS) is 20.1. The molecular formula is C16H25N3O3S. The van der Waals surface area contributed by atoms with Crippen molar-refractivity contribution in [2.75, 3.05) is 13.6 Å². The van der Waals surface area contributed by atoms with E-state index in [0.29, 0.717) is 0 Å². The molecule has 0 saturated carbocycles. The van der Waals surface area contributed by atoms with E-state index in [9.17, 15) is 13.2 Å². The SMILES string of the molecule is CNS(=O)(=O)c1cccc(C(C)NC(=O)N2CCCCC2C)c1. The molecule has 2 atom stereocenters. The number of carbonyl (C=O) groups excluding carboxylic acids is 1. The van der Waals surface area contributed by atoms with Crippen LogP contribution in [0.4, 0.5) is 4.79 Å². The maximum absolute atomic E-state index is 12.4. The van der Waals surface area contributed by atoms with Crippen molar-refractivity contribution in [3.63, 3.8) is 0 Å². The first-order chi connectivity index (χ1) is 10.8. The molecule has 0 radical (unpaired) electrons. The molecule has 23 heavy (non-hydrogen) atoms. The van der Waals surface area contributed by atoms with Crippen LogP contribution >= 0.6 is 0 Å². The summed E-state index contributed by atoms with van der Waals surface area (Å²) in [6.07, 6.45) is 3.21. The average molecular weight is 339 g/mol. The molecule has 2 amide bonds. The summed E-state index contributed by atoms with van der Waals surface area (Å²) < 4.78 is 26.1. The number of rotatable bonds is 4. The zero-order chi connectivity index (χ0) is 17.0. The van der Waals surface area contributed by atoms with Crippen molar-refractivity contribution in [2.45, 2.75) is 50.1 Å². The highest BCUT2D eigenvalue weighted by atomic mass is 32.2. The van der Waals surface area contributed by atoms with Gasteiger partial charge in [-0.05, 0) is 57.9 Å². The summed E-state index contributed by atoms with van der Waals surface area (Å²) in [5.41, 5.74) is 0.763. The molecule has 6 nitrogen and oxygen atoms in total. The Morgan fingerprint density at radius 2 is 2.09 bits per heavy atom. The van der Waals surface area contributed by atoms with Crippen molar-refractivity contribution in [1.82, 2.24) is 14.9 Å². The topological polar surface area (TPSA) is 78.5 Å². The maximum Gasteiger partial charge on any atom is 0.318 e. The average Bonchev–Trinajstić information content (AvgIpc) is 2.55. The van der Waals surface area contributed by atoms with Gasteiger partial charge in [0, 0.05) is 12.6 Å². The molecule has 1 aromatic carbocycles. The van der Waals surface area contributed by atoms with E-state index >= 15 is 0 Å². The van der Waals surface area contributed by atoms with E-state index in [1.54, 1.807) is 12.1 Å². The first-order valence-electron chi connectivity index (χ1n) is 7.96. The van der Waals surface area contributed by atoms with E-state index in [2.05, 4.69) is 17.0 Å². The molecule has 1 heterocycles. The smallest absolute Gasteiger partial charge is 0.318 e. The van der Waals surface area contributed by atoms with Gasteiger partial charge >= 0.3 is 6.03 Å². The van der Waals surface area contributed by atoms with E-state index in [1.165, 1.54) is 13.1 Å². The summed E-state index contributed by atoms with van der Waals surface area (Å²) in [5, 5.41) is 2.96. The zero-order valence-corrected chi connectivity index (χ0v) is 14.7. The van der Waals surface area contributed by atoms with Crippen molar-refractivity contribution >= 4 is 16.1 Å². The number of hydrogen-bond acceptors (Lipinski definition) is 3. The molecule has 1 aromatic rings. The summed E-state index contributed by atoms with van der Waals surface area (Å²) in [6.45, 7) is 4.69. The summed E-state index contributed by atoms with van der Waals surface area (Å²) in [7, 11) is -2.11. The largest absolute Gasteiger partial charge is 0.331 e. The third-order valence-electron chi connectivity index (χ3n) is 4.34. The van der Waals surface area contributed by atoms with E-state index in [0.717, 1.165) is 31.4 Å². The highest BCUT2D eigenvalue weighted by Gasteiger charge is 2.24. The number of nitrogens with zero attached hydrogens (tertiary/aromatic N) is 1. The van der Waals surface area contributed by atoms with E-state index in [1.807, 2.05) is 17.9 Å². The summed E-state index contributed by atoms with van der Waals surface area (Å²) in [6, 6.07) is 6.53. The minimum Gasteiger partial charge on any atom is -0.331 e. The second kappa shape index (κ2) is 7.31. The van der Waals surface area contributed by atoms with E-state index < -0.39 is 10.0 Å². The molecule has 2 rings (SSSR count). The predicted octanol–water partition coefficient (Wildman–Crippen LogP) is 2.24. The molecule has 1 saturated heterocycles. The van der Waals surface area contributed by atoms with Gasteiger partial charge in [-0.25, -0.2) is 17.9 Å². The number of urea groups is 1. The number of benzene rings is 1. The maximum atomic E-state index is 12.4. The number of hydrogen-bond donors (Lipinski definition) is 2. The molecule has 1 aliphatic heterocycles. The first-order valence-corrected chi connectivity index (χ1v) is 9.44. The van der Waals surface area contributed by atoms with Gasteiger partial charge < -0.3 is 10.2 Å². The van der Waals surface area contributed by atoms with E-state index in [4.69, 9.17) is 0 Å². The summed E-state index contributed by atoms with van der Waals surface area (Å²) in [5.74, 6) is 0. The van der Waals surface area contributed by atoms with Gasteiger partial charge in [0.25, 0.3) is 0 Å². The fourth-order valence-corrected chi connectivity index (χ4v) is 3.60. The predicted molar refractivity (Wildman–Crippen MR) is 89.7 cm³/mol. The number of piperidine rings is 1. The standard InChI is InChI=1S/C16H25N3O3S/c1-12-7-4-5-10-19(12)16(20)18-13(2)14-8-6-9-15(11-14)23(21,22)17-3/h6,8-9,11-13,17H,4-5,7,10H2,1-3H3,(H,18,20). The fraction of sp³-hybridized carbons (Fsp3) is 0.562. The third kappa shape index (κ3) is 4.23. The van der Waals surface area contributed by atoms with Crippen molar-refractivity contribution in [3.05, 3.63) is 29.8 Å². The molecule has 0 aromatic heterocycles. The van der Waals surface area contributed by atoms with Gasteiger partial charge in [-0.15, -0.1) is 0 Å². The van der Waals surface area contributed by atoms with Gasteiger partial charge in [-0.1, -0.05) is 12.1 Å². The fourth-order valence-electron chi connectivity index (χ4n) is 2.82. The molecule has 1 fully saturated rings. The Kier molecular flexibility index (Phi) is 5.64. The van der Waals surface area contributed by atoms with Crippen molar-refractivity contribution in [2.24, 2.45) is 0 Å². The lowest BCUT2D eigenvalue weighted by molar-refractivity contribution is 0.155. The quantitative estimate of drug-likeness (QED) is 0.883. The number of likely N-dealkylation sites (tertiary alicyclic amines) is 1. The molecule has 0 bridgehead atoms. The van der Waals surface area contributed by atoms with Crippen LogP contribution in [-0.2, 0) is 10.0 Å². The molecule has 0 spiro atoms. The van der Waals surface area contributed by atoms with Crippen LogP contribution in [0.5, 0.6) is 0 Å². The first kappa shape index (κ1) is 17.7. The molecule has 0 aliphatic carbocycles. The Hall–Kier alpha value is -1.60. The molecular weight excluding hydrogens is 314 g/mol. The van der Waals surface area contributed by atoms with Gasteiger partial charge in [0.05, 0.1) is 10.9 Å². The Balaban J connectivity index is 2.10. The molecule has 2 N–H and O–H groups in total. The lowest BCUT2D eigenvalue weighted by Gasteiger charge is -2.34. The third-order valence-corrected chi connectivity index (χ3v) is 5.75. The minimum absolute atomic E-state index is 0.0911. The monoisotopic (exact) mass is 339 g/mol. The van der Waals surface area contributed by atoms with E-state index in [-0.39, 0.29) is 23.0 Å². The van der Waals surface area contributed by atoms with Crippen LogP contribution in [0.1, 0.15) is 44.7 Å². The second-order valence-electron chi connectivity index (χ2n) is 5.99. The zero-order valence-electron chi connectivity index (χ0n) is 13.9. The Morgan fingerprint density at radius 3 is 2.74 bits per heavy atom. The number of sulfonamides is 1. The molecule has 128 valence electrons. The van der Waals surface area contributed by atoms with Crippen LogP contribution in [0.25, 0.3) is 0 Å². The highest BCUT2D eigenvalue weighted by molar-refractivity contribution is 7.89. The lowest BCUT2D eigenvalue weighted by atomic mass is 10.0. The van der Waals surface area contributed by atoms with Gasteiger partial charge in [0.15, 0.2) is 0 Å². The van der Waals surface area contributed by atoms with Gasteiger partial charge in [0.2, 0.25) is 10.0 Å². The van der Waals surface area contributed by atoms with Crippen LogP contribution in [0, 0.1) is 0 Å². The molecule has 2 unspecified atom stereocenters. The Morgan fingerprint density at radius 1 is 1.35 bits per heavy atom. The summed E-state index contributed by atoms with van der Waals surface area (Å²) >= 11 is 0. The van der Waals surface area contributed by atoms with Crippen molar-refractivity contribution < 1.29 is 13.2 Å². The van der Waals surface area contributed by atoms with Gasteiger partial charge in [0.1, 0.15) is 0 Å². The van der Waals surface area contributed by atoms with Crippen molar-refractivity contribution in [3.8, 4) is 0 Å². The summed E-state index contributed by atoms with van der Waals surface area (Å²) in [4.78, 5) is 14.5. The molecule has 7 heteroatoms. The minimum atomic E-state index is -3.49. The second-order valence-corrected chi connectivity index (χ2v) is 7.88. The van der Waals surface area contributed by atoms with Crippen LogP contribution < -0.4 is 10.0 Å². The lowest BCUT2D eigenvalue weighted by Crippen LogP contribution is -2.48. The number of amides is 2. The van der Waals surface area contributed by atoms with Crippen LogP contribution in [0.15, 0.2) is 29.2 Å². The Labute approximate surface area is 138 Å². The Bertz CT molecular complexity index is 660. The number of carbonyl (C=O) groups is 1.